The number of nitrogens with two attached hydrogens (primary N) is 1. The van der Waals surface area contributed by atoms with E-state index in [1.807, 2.05) is 24.3 Å². The lowest BCUT2D eigenvalue weighted by atomic mass is 10.3. The summed E-state index contributed by atoms with van der Waals surface area (Å²) in [6, 6.07) is 10.9. The van der Waals surface area contributed by atoms with E-state index in [9.17, 15) is 0 Å². The van der Waals surface area contributed by atoms with E-state index in [1.165, 1.54) is 0 Å². The number of nitrogens with one attached hydrogen (secondary N) is 1. The number of imidazole rings is 1. The summed E-state index contributed by atoms with van der Waals surface area (Å²) in [7, 11) is 0. The minimum absolute atomic E-state index is 0.473. The van der Waals surface area contributed by atoms with Gasteiger partial charge in [-0.15, -0.1) is 0 Å². The van der Waals surface area contributed by atoms with Crippen LogP contribution in [-0.2, 0) is 0 Å². The van der Waals surface area contributed by atoms with Gasteiger partial charge in [0.15, 0.2) is 5.82 Å². The standard InChI is InChI=1S/C12H9ClN4/c13-7-4-5-8-10(6-7)17-12(16-8)9-2-1-3-11(14)15-9/h1-6H,(H2,14,15)(H,16,17). The normalized spacial score (nSPS) is 10.9. The van der Waals surface area contributed by atoms with Gasteiger partial charge in [-0.2, -0.15) is 0 Å². The Balaban J connectivity index is 2.18. The summed E-state index contributed by atoms with van der Waals surface area (Å²) in [6.45, 7) is 0. The Hall–Kier alpha value is -2.07. The minimum atomic E-state index is 0.473. The molecule has 3 N–H and O–H groups in total. The minimum Gasteiger partial charge on any atom is -0.384 e. The van der Waals surface area contributed by atoms with Crippen molar-refractivity contribution >= 4 is 28.5 Å². The topological polar surface area (TPSA) is 67.6 Å². The van der Waals surface area contributed by atoms with Gasteiger partial charge in [-0.3, -0.25) is 0 Å². The number of aromatic amines is 1. The lowest BCUT2D eigenvalue weighted by Gasteiger charge is -1.96. The van der Waals surface area contributed by atoms with Crippen molar-refractivity contribution in [1.82, 2.24) is 15.0 Å². The zero-order valence-corrected chi connectivity index (χ0v) is 9.57. The number of hydrogen-bond donors (Lipinski definition) is 2. The van der Waals surface area contributed by atoms with Gasteiger partial charge in [0.05, 0.1) is 11.0 Å². The summed E-state index contributed by atoms with van der Waals surface area (Å²) in [4.78, 5) is 11.8. The number of rotatable bonds is 1. The number of anilines is 1. The highest BCUT2D eigenvalue weighted by Crippen LogP contribution is 2.22. The van der Waals surface area contributed by atoms with Crippen molar-refractivity contribution < 1.29 is 0 Å². The van der Waals surface area contributed by atoms with Crippen molar-refractivity contribution in [2.75, 3.05) is 5.73 Å². The largest absolute Gasteiger partial charge is 0.384 e. The van der Waals surface area contributed by atoms with Gasteiger partial charge in [0, 0.05) is 5.02 Å². The SMILES string of the molecule is Nc1cccc(-c2nc3ccc(Cl)cc3[nH]2)n1. The van der Waals surface area contributed by atoms with Gasteiger partial charge in [-0.25, -0.2) is 9.97 Å². The van der Waals surface area contributed by atoms with Gasteiger partial charge in [0.25, 0.3) is 0 Å². The fraction of sp³-hybridized carbons (Fsp3) is 0. The van der Waals surface area contributed by atoms with E-state index in [0.717, 1.165) is 16.7 Å². The monoisotopic (exact) mass is 244 g/mol. The first-order valence-corrected chi connectivity index (χ1v) is 5.48. The Bertz CT molecular complexity index is 690. The lowest BCUT2D eigenvalue weighted by molar-refractivity contribution is 1.24. The summed E-state index contributed by atoms with van der Waals surface area (Å²) in [6.07, 6.45) is 0. The zero-order valence-electron chi connectivity index (χ0n) is 8.81. The Kier molecular flexibility index (Phi) is 2.23. The molecule has 0 spiro atoms. The summed E-state index contributed by atoms with van der Waals surface area (Å²) >= 11 is 5.92. The number of hydrogen-bond acceptors (Lipinski definition) is 3. The van der Waals surface area contributed by atoms with Crippen LogP contribution >= 0.6 is 11.6 Å². The third kappa shape index (κ3) is 1.83. The van der Waals surface area contributed by atoms with Crippen molar-refractivity contribution in [2.45, 2.75) is 0 Å². The Morgan fingerprint density at radius 2 is 2.00 bits per heavy atom. The molecule has 0 aliphatic heterocycles. The molecule has 4 nitrogen and oxygen atoms in total. The molecule has 2 aromatic heterocycles. The second kappa shape index (κ2) is 3.75. The molecule has 0 radical (unpaired) electrons. The molecule has 0 bridgehead atoms. The van der Waals surface area contributed by atoms with Gasteiger partial charge in [-0.1, -0.05) is 17.7 Å². The first-order chi connectivity index (χ1) is 8.22. The Morgan fingerprint density at radius 3 is 2.82 bits per heavy atom. The highest BCUT2D eigenvalue weighted by Gasteiger charge is 2.06. The van der Waals surface area contributed by atoms with E-state index >= 15 is 0 Å². The molecule has 17 heavy (non-hydrogen) atoms. The molecule has 3 aromatic rings. The maximum Gasteiger partial charge on any atom is 0.157 e. The first kappa shape index (κ1) is 10.1. The van der Waals surface area contributed by atoms with Crippen LogP contribution in [0.25, 0.3) is 22.6 Å². The molecule has 0 saturated carbocycles. The van der Waals surface area contributed by atoms with E-state index in [-0.39, 0.29) is 0 Å². The van der Waals surface area contributed by atoms with Gasteiger partial charge in [-0.05, 0) is 30.3 Å². The molecule has 0 aliphatic rings. The van der Waals surface area contributed by atoms with E-state index in [1.54, 1.807) is 12.1 Å². The first-order valence-electron chi connectivity index (χ1n) is 5.10. The predicted molar refractivity (Wildman–Crippen MR) is 68.7 cm³/mol. The molecule has 1 aromatic carbocycles. The van der Waals surface area contributed by atoms with Gasteiger partial charge in [0.1, 0.15) is 11.5 Å². The number of nitrogen functional groups attached to an aromatic ring is 1. The molecule has 84 valence electrons. The van der Waals surface area contributed by atoms with Crippen molar-refractivity contribution in [3.8, 4) is 11.5 Å². The van der Waals surface area contributed by atoms with Crippen LogP contribution in [-0.4, -0.2) is 15.0 Å². The molecule has 0 unspecified atom stereocenters. The van der Waals surface area contributed by atoms with Crippen molar-refractivity contribution in [3.05, 3.63) is 41.4 Å². The molecule has 0 atom stereocenters. The third-order valence-electron chi connectivity index (χ3n) is 2.46. The van der Waals surface area contributed by atoms with Crippen molar-refractivity contribution in [1.29, 1.82) is 0 Å². The zero-order chi connectivity index (χ0) is 11.8. The van der Waals surface area contributed by atoms with E-state index in [0.29, 0.717) is 16.7 Å². The maximum absolute atomic E-state index is 5.92. The number of H-pyrrole nitrogens is 1. The lowest BCUT2D eigenvalue weighted by Crippen LogP contribution is -1.92. The molecule has 2 heterocycles. The number of halogens is 1. The molecule has 3 rings (SSSR count). The van der Waals surface area contributed by atoms with Gasteiger partial charge in [0.2, 0.25) is 0 Å². The highest BCUT2D eigenvalue weighted by atomic mass is 35.5. The van der Waals surface area contributed by atoms with Crippen molar-refractivity contribution in [3.63, 3.8) is 0 Å². The van der Waals surface area contributed by atoms with Crippen molar-refractivity contribution in [2.24, 2.45) is 0 Å². The van der Waals surface area contributed by atoms with E-state index in [4.69, 9.17) is 17.3 Å². The molecule has 0 amide bonds. The Labute approximate surface area is 102 Å². The molecular formula is C12H9ClN4. The summed E-state index contributed by atoms with van der Waals surface area (Å²) in [5, 5.41) is 0.674. The van der Waals surface area contributed by atoms with Crippen LogP contribution in [0.5, 0.6) is 0 Å². The summed E-state index contributed by atoms with van der Waals surface area (Å²) in [5.41, 5.74) is 8.10. The van der Waals surface area contributed by atoms with Crippen LogP contribution in [0.1, 0.15) is 0 Å². The quantitative estimate of drug-likeness (QED) is 0.692. The third-order valence-corrected chi connectivity index (χ3v) is 2.69. The predicted octanol–water partition coefficient (Wildman–Crippen LogP) is 2.86. The maximum atomic E-state index is 5.92. The summed E-state index contributed by atoms with van der Waals surface area (Å²) in [5.74, 6) is 1.16. The fourth-order valence-corrected chi connectivity index (χ4v) is 1.86. The van der Waals surface area contributed by atoms with Gasteiger partial charge < -0.3 is 10.7 Å². The number of pyridine rings is 1. The van der Waals surface area contributed by atoms with Gasteiger partial charge >= 0.3 is 0 Å². The van der Waals surface area contributed by atoms with Crippen LogP contribution in [0.2, 0.25) is 5.02 Å². The number of fused-ring (bicyclic) bond motifs is 1. The summed E-state index contributed by atoms with van der Waals surface area (Å²) < 4.78 is 0. The van der Waals surface area contributed by atoms with E-state index in [2.05, 4.69) is 15.0 Å². The average molecular weight is 245 g/mol. The van der Waals surface area contributed by atoms with Crippen LogP contribution in [0.3, 0.4) is 0 Å². The number of nitrogens with zero attached hydrogens (tertiary/aromatic N) is 2. The fourth-order valence-electron chi connectivity index (χ4n) is 1.69. The number of benzene rings is 1. The van der Waals surface area contributed by atoms with Crippen LogP contribution in [0.15, 0.2) is 36.4 Å². The average Bonchev–Trinajstić information content (AvgIpc) is 2.72. The van der Waals surface area contributed by atoms with Crippen LogP contribution in [0, 0.1) is 0 Å². The highest BCUT2D eigenvalue weighted by molar-refractivity contribution is 6.31. The van der Waals surface area contributed by atoms with E-state index < -0.39 is 0 Å². The molecule has 0 fully saturated rings. The van der Waals surface area contributed by atoms with Crippen LogP contribution < -0.4 is 5.73 Å². The smallest absolute Gasteiger partial charge is 0.157 e. The molecular weight excluding hydrogens is 236 g/mol. The second-order valence-corrected chi connectivity index (χ2v) is 4.13. The molecule has 0 aliphatic carbocycles. The molecule has 0 saturated heterocycles. The second-order valence-electron chi connectivity index (χ2n) is 3.69. The Morgan fingerprint density at radius 1 is 1.12 bits per heavy atom. The molecule has 5 heteroatoms. The number of aromatic nitrogens is 3. The van der Waals surface area contributed by atoms with Crippen LogP contribution in [0.4, 0.5) is 5.82 Å².